The van der Waals surface area contributed by atoms with Crippen LogP contribution < -0.4 is 5.48 Å². The van der Waals surface area contributed by atoms with Gasteiger partial charge < -0.3 is 4.84 Å². The van der Waals surface area contributed by atoms with Crippen molar-refractivity contribution in [2.75, 3.05) is 6.54 Å². The fourth-order valence-electron chi connectivity index (χ4n) is 1.43. The molecule has 0 unspecified atom stereocenters. The van der Waals surface area contributed by atoms with E-state index >= 15 is 0 Å². The van der Waals surface area contributed by atoms with E-state index in [4.69, 9.17) is 0 Å². The highest BCUT2D eigenvalue weighted by molar-refractivity contribution is 5.92. The van der Waals surface area contributed by atoms with Crippen molar-refractivity contribution in [1.29, 1.82) is 0 Å². The summed E-state index contributed by atoms with van der Waals surface area (Å²) in [4.78, 5) is 40.5. The summed E-state index contributed by atoms with van der Waals surface area (Å²) in [6.45, 7) is 7.78. The molecule has 1 N–H and O–H groups in total. The van der Waals surface area contributed by atoms with Crippen molar-refractivity contribution >= 4 is 17.9 Å². The van der Waals surface area contributed by atoms with Crippen LogP contribution in [0.25, 0.3) is 0 Å². The Kier molecular flexibility index (Phi) is 8.57. The van der Waals surface area contributed by atoms with Crippen LogP contribution in [0.3, 0.4) is 0 Å². The first-order chi connectivity index (χ1) is 8.92. The Hall–Kier alpha value is -1.59. The molecule has 0 heterocycles. The summed E-state index contributed by atoms with van der Waals surface area (Å²) in [6, 6.07) is 0. The summed E-state index contributed by atoms with van der Waals surface area (Å²) >= 11 is 0. The first-order valence-electron chi connectivity index (χ1n) is 6.72. The third kappa shape index (κ3) is 7.43. The van der Waals surface area contributed by atoms with Crippen molar-refractivity contribution < 1.29 is 19.2 Å². The monoisotopic (exact) mass is 272 g/mol. The maximum Gasteiger partial charge on any atom is 0.440 e. The molecule has 0 bridgehead atoms. The van der Waals surface area contributed by atoms with Crippen LogP contribution in [0, 0.1) is 5.92 Å². The van der Waals surface area contributed by atoms with E-state index in [9.17, 15) is 14.4 Å². The molecule has 0 aliphatic carbocycles. The molecule has 0 spiro atoms. The molecule has 0 aliphatic rings. The average Bonchev–Trinajstić information content (AvgIpc) is 2.33. The van der Waals surface area contributed by atoms with Gasteiger partial charge in [-0.15, -0.1) is 0 Å². The van der Waals surface area contributed by atoms with Crippen molar-refractivity contribution in [2.24, 2.45) is 5.92 Å². The minimum absolute atomic E-state index is 0.139. The van der Waals surface area contributed by atoms with Gasteiger partial charge in [-0.1, -0.05) is 27.7 Å². The number of imide groups is 1. The van der Waals surface area contributed by atoms with Gasteiger partial charge >= 0.3 is 6.09 Å². The number of nitrogens with one attached hydrogen (secondary N) is 1. The Balaban J connectivity index is 4.45. The molecule has 110 valence electrons. The quantitative estimate of drug-likeness (QED) is 0.752. The Morgan fingerprint density at radius 3 is 2.16 bits per heavy atom. The summed E-state index contributed by atoms with van der Waals surface area (Å²) in [7, 11) is 0. The lowest BCUT2D eigenvalue weighted by Crippen LogP contribution is -2.42. The Labute approximate surface area is 114 Å². The second-order valence-corrected chi connectivity index (χ2v) is 4.79. The van der Waals surface area contributed by atoms with E-state index in [1.165, 1.54) is 0 Å². The van der Waals surface area contributed by atoms with Gasteiger partial charge in [-0.25, -0.2) is 9.69 Å². The smallest absolute Gasteiger partial charge is 0.321 e. The number of rotatable bonds is 6. The van der Waals surface area contributed by atoms with Crippen molar-refractivity contribution in [3.8, 4) is 0 Å². The number of hydrogen-bond donors (Lipinski definition) is 1. The molecule has 0 aliphatic heterocycles. The van der Waals surface area contributed by atoms with Gasteiger partial charge in [-0.05, 0) is 18.8 Å². The van der Waals surface area contributed by atoms with Crippen LogP contribution in [0.2, 0.25) is 0 Å². The van der Waals surface area contributed by atoms with Crippen LogP contribution in [0.1, 0.15) is 53.4 Å². The molecule has 0 radical (unpaired) electrons. The normalized spacial score (nSPS) is 10.2. The zero-order valence-corrected chi connectivity index (χ0v) is 12.2. The van der Waals surface area contributed by atoms with Gasteiger partial charge in [0.05, 0.1) is 0 Å². The molecule has 0 saturated heterocycles. The lowest BCUT2D eigenvalue weighted by Gasteiger charge is -2.21. The van der Waals surface area contributed by atoms with Crippen LogP contribution in [0.15, 0.2) is 0 Å². The fourth-order valence-corrected chi connectivity index (χ4v) is 1.43. The highest BCUT2D eigenvalue weighted by atomic mass is 16.7. The number of hydroxylamine groups is 1. The number of hydrogen-bond acceptors (Lipinski definition) is 4. The van der Waals surface area contributed by atoms with Crippen LogP contribution in [0.5, 0.6) is 0 Å². The van der Waals surface area contributed by atoms with Gasteiger partial charge in [0.2, 0.25) is 5.91 Å². The number of carbonyl (C=O) groups excluding carboxylic acids is 3. The third-order valence-electron chi connectivity index (χ3n) is 2.26. The van der Waals surface area contributed by atoms with Gasteiger partial charge in [0.1, 0.15) is 0 Å². The Bertz CT molecular complexity index is 316. The van der Waals surface area contributed by atoms with E-state index in [0.29, 0.717) is 12.8 Å². The Morgan fingerprint density at radius 2 is 1.68 bits per heavy atom. The van der Waals surface area contributed by atoms with Crippen molar-refractivity contribution in [3.05, 3.63) is 0 Å². The highest BCUT2D eigenvalue weighted by Crippen LogP contribution is 2.05. The molecule has 0 rings (SSSR count). The first kappa shape index (κ1) is 17.4. The van der Waals surface area contributed by atoms with Crippen molar-refractivity contribution in [2.45, 2.75) is 53.4 Å². The van der Waals surface area contributed by atoms with E-state index in [0.717, 1.165) is 4.90 Å². The van der Waals surface area contributed by atoms with Crippen LogP contribution >= 0.6 is 0 Å². The van der Waals surface area contributed by atoms with Gasteiger partial charge in [0.15, 0.2) is 0 Å². The van der Waals surface area contributed by atoms with Gasteiger partial charge in [0.25, 0.3) is 5.91 Å². The lowest BCUT2D eigenvalue weighted by molar-refractivity contribution is -0.135. The maximum absolute atomic E-state index is 11.8. The first-order valence-corrected chi connectivity index (χ1v) is 6.72. The summed E-state index contributed by atoms with van der Waals surface area (Å²) in [5.74, 6) is -0.520. The number of nitrogens with zero attached hydrogens (tertiary/aromatic N) is 1. The van der Waals surface area contributed by atoms with Crippen LogP contribution in [0.4, 0.5) is 4.79 Å². The molecule has 0 saturated carbocycles. The zero-order valence-electron chi connectivity index (χ0n) is 12.2. The molecule has 19 heavy (non-hydrogen) atoms. The van der Waals surface area contributed by atoms with E-state index < -0.39 is 6.09 Å². The zero-order chi connectivity index (χ0) is 14.8. The predicted octanol–water partition coefficient (Wildman–Crippen LogP) is 2.24. The maximum atomic E-state index is 11.8. The number of amides is 3. The lowest BCUT2D eigenvalue weighted by atomic mass is 10.2. The van der Waals surface area contributed by atoms with Crippen molar-refractivity contribution in [1.82, 2.24) is 10.4 Å². The molecule has 0 aromatic rings. The number of carbonyl (C=O) groups is 3. The molecule has 0 aromatic carbocycles. The molecule has 3 amide bonds. The average molecular weight is 272 g/mol. The predicted molar refractivity (Wildman–Crippen MR) is 71.0 cm³/mol. The van der Waals surface area contributed by atoms with Crippen molar-refractivity contribution in [3.63, 3.8) is 0 Å². The summed E-state index contributed by atoms with van der Waals surface area (Å²) in [6.07, 6.45) is 1.05. The van der Waals surface area contributed by atoms with Gasteiger partial charge in [0, 0.05) is 19.4 Å². The molecule has 6 nitrogen and oxygen atoms in total. The molecule has 6 heteroatoms. The topological polar surface area (TPSA) is 75.7 Å². The fraction of sp³-hybridized carbons (Fsp3) is 0.769. The van der Waals surface area contributed by atoms with Crippen LogP contribution in [-0.2, 0) is 14.4 Å². The minimum Gasteiger partial charge on any atom is -0.321 e. The SMILES string of the molecule is CCCC(=O)NOC(=O)N(CC(C)C)C(=O)CCC. The molecule has 0 atom stereocenters. The standard InChI is InChI=1S/C13H24N2O4/c1-5-7-11(16)14-19-13(18)15(9-10(3)4)12(17)8-6-2/h10H,5-9H2,1-4H3,(H,14,16). The molecule has 0 fully saturated rings. The van der Waals surface area contributed by atoms with Crippen LogP contribution in [-0.4, -0.2) is 29.4 Å². The molecule has 0 aromatic heterocycles. The van der Waals surface area contributed by atoms with E-state index in [2.05, 4.69) is 10.3 Å². The minimum atomic E-state index is -0.823. The third-order valence-corrected chi connectivity index (χ3v) is 2.26. The summed E-state index contributed by atoms with van der Waals surface area (Å²) in [5, 5.41) is 0. The highest BCUT2D eigenvalue weighted by Gasteiger charge is 2.23. The Morgan fingerprint density at radius 1 is 1.11 bits per heavy atom. The second-order valence-electron chi connectivity index (χ2n) is 4.79. The van der Waals surface area contributed by atoms with Gasteiger partial charge in [-0.3, -0.25) is 9.59 Å². The van der Waals surface area contributed by atoms with E-state index in [-0.39, 0.29) is 37.1 Å². The largest absolute Gasteiger partial charge is 0.440 e. The summed E-state index contributed by atoms with van der Waals surface area (Å²) < 4.78 is 0. The summed E-state index contributed by atoms with van der Waals surface area (Å²) in [5.41, 5.74) is 2.05. The van der Waals surface area contributed by atoms with E-state index in [1.54, 1.807) is 0 Å². The van der Waals surface area contributed by atoms with Gasteiger partial charge in [-0.2, -0.15) is 5.48 Å². The van der Waals surface area contributed by atoms with E-state index in [1.807, 2.05) is 27.7 Å². The second kappa shape index (κ2) is 9.35. The molecular formula is C13H24N2O4. The molecular weight excluding hydrogens is 248 g/mol.